The Balaban J connectivity index is 1.62. The molecule has 0 N–H and O–H groups in total. The first kappa shape index (κ1) is 14.7. The molecule has 2 atom stereocenters. The average Bonchev–Trinajstić information content (AvgIpc) is 3.10. The van der Waals surface area contributed by atoms with Gasteiger partial charge in [0.1, 0.15) is 11.6 Å². The third-order valence-corrected chi connectivity index (χ3v) is 5.18. The molecule has 0 aromatic heterocycles. The maximum atomic E-state index is 12.9. The van der Waals surface area contributed by atoms with E-state index in [4.69, 9.17) is 16.4 Å². The number of oxime groups is 1. The molecule has 2 amide bonds. The van der Waals surface area contributed by atoms with Crippen molar-refractivity contribution in [2.75, 3.05) is 0 Å². The second kappa shape index (κ2) is 5.64. The van der Waals surface area contributed by atoms with Gasteiger partial charge in [0.15, 0.2) is 0 Å². The molecule has 1 aromatic rings. The van der Waals surface area contributed by atoms with Gasteiger partial charge in [0.2, 0.25) is 12.0 Å². The molecule has 4 rings (SSSR count). The van der Waals surface area contributed by atoms with Crippen LogP contribution in [0.4, 0.5) is 0 Å². The first-order valence-corrected chi connectivity index (χ1v) is 8.41. The largest absolute Gasteiger partial charge is 0.381 e. The molecule has 23 heavy (non-hydrogen) atoms. The Labute approximate surface area is 139 Å². The van der Waals surface area contributed by atoms with Crippen molar-refractivity contribution in [2.45, 2.75) is 44.2 Å². The zero-order valence-corrected chi connectivity index (χ0v) is 13.3. The summed E-state index contributed by atoms with van der Waals surface area (Å²) in [6.07, 6.45) is 4.30. The molecule has 3 aliphatic rings. The maximum Gasteiger partial charge on any atom is 0.274 e. The van der Waals surface area contributed by atoms with E-state index in [0.717, 1.165) is 31.2 Å². The van der Waals surface area contributed by atoms with Crippen molar-refractivity contribution in [1.29, 1.82) is 0 Å². The molecule has 1 saturated heterocycles. The van der Waals surface area contributed by atoms with Crippen LogP contribution in [0.25, 0.3) is 0 Å². The summed E-state index contributed by atoms with van der Waals surface area (Å²) < 4.78 is 0. The van der Waals surface area contributed by atoms with Crippen molar-refractivity contribution in [3.05, 3.63) is 34.9 Å². The lowest BCUT2D eigenvalue weighted by Crippen LogP contribution is -2.43. The number of benzene rings is 1. The molecule has 2 fully saturated rings. The Morgan fingerprint density at radius 2 is 1.74 bits per heavy atom. The van der Waals surface area contributed by atoms with Gasteiger partial charge in [-0.2, -0.15) is 0 Å². The normalized spacial score (nSPS) is 27.9. The monoisotopic (exact) mass is 332 g/mol. The Bertz CT molecular complexity index is 680. The molecule has 1 aromatic carbocycles. The lowest BCUT2D eigenvalue weighted by molar-refractivity contribution is -0.145. The highest BCUT2D eigenvalue weighted by atomic mass is 35.5. The van der Waals surface area contributed by atoms with Gasteiger partial charge in [-0.05, 0) is 25.0 Å². The summed E-state index contributed by atoms with van der Waals surface area (Å²) in [5.74, 6) is -1.02. The fourth-order valence-corrected chi connectivity index (χ4v) is 3.88. The third-order valence-electron chi connectivity index (χ3n) is 4.93. The van der Waals surface area contributed by atoms with Crippen molar-refractivity contribution in [2.24, 2.45) is 11.1 Å². The van der Waals surface area contributed by atoms with E-state index in [2.05, 4.69) is 5.16 Å². The Morgan fingerprint density at radius 1 is 1.04 bits per heavy atom. The van der Waals surface area contributed by atoms with Crippen molar-refractivity contribution < 1.29 is 14.4 Å². The zero-order chi connectivity index (χ0) is 16.0. The van der Waals surface area contributed by atoms with E-state index < -0.39 is 12.0 Å². The highest BCUT2D eigenvalue weighted by Gasteiger charge is 2.57. The second-order valence-corrected chi connectivity index (χ2v) is 6.76. The number of carbonyl (C=O) groups excluding carboxylic acids is 2. The average molecular weight is 333 g/mol. The molecule has 2 heterocycles. The predicted octanol–water partition coefficient (Wildman–Crippen LogP) is 2.76. The molecule has 2 unspecified atom stereocenters. The number of likely N-dealkylation sites (tertiary alicyclic amines) is 1. The van der Waals surface area contributed by atoms with E-state index in [1.54, 1.807) is 24.3 Å². The molecule has 120 valence electrons. The van der Waals surface area contributed by atoms with Gasteiger partial charge in [0.05, 0.1) is 0 Å². The molecule has 0 spiro atoms. The second-order valence-electron chi connectivity index (χ2n) is 6.33. The smallest absolute Gasteiger partial charge is 0.274 e. The van der Waals surface area contributed by atoms with Crippen LogP contribution in [0.5, 0.6) is 0 Å². The van der Waals surface area contributed by atoms with Crippen molar-refractivity contribution in [1.82, 2.24) is 4.90 Å². The van der Waals surface area contributed by atoms with Gasteiger partial charge in [-0.15, -0.1) is 0 Å². The first-order chi connectivity index (χ1) is 11.2. The number of imide groups is 1. The number of carbonyl (C=O) groups is 2. The molecule has 1 aliphatic carbocycles. The van der Waals surface area contributed by atoms with Crippen LogP contribution >= 0.6 is 11.6 Å². The summed E-state index contributed by atoms with van der Waals surface area (Å²) in [7, 11) is 0. The minimum atomic E-state index is -0.796. The molecule has 5 nitrogen and oxygen atoms in total. The fourth-order valence-electron chi connectivity index (χ4n) is 3.76. The van der Waals surface area contributed by atoms with Gasteiger partial charge in [0, 0.05) is 16.6 Å². The van der Waals surface area contributed by atoms with Crippen molar-refractivity contribution >= 4 is 29.1 Å². The summed E-state index contributed by atoms with van der Waals surface area (Å²) >= 11 is 5.91. The highest BCUT2D eigenvalue weighted by Crippen LogP contribution is 2.36. The van der Waals surface area contributed by atoms with E-state index in [-0.39, 0.29) is 17.9 Å². The molecule has 1 saturated carbocycles. The quantitative estimate of drug-likeness (QED) is 0.782. The molecular weight excluding hydrogens is 316 g/mol. The van der Waals surface area contributed by atoms with E-state index in [1.807, 2.05) is 0 Å². The van der Waals surface area contributed by atoms with Crippen molar-refractivity contribution in [3.63, 3.8) is 0 Å². The molecule has 0 radical (unpaired) electrons. The molecule has 2 aliphatic heterocycles. The van der Waals surface area contributed by atoms with Crippen LogP contribution in [-0.2, 0) is 14.4 Å². The van der Waals surface area contributed by atoms with Gasteiger partial charge >= 0.3 is 0 Å². The fraction of sp³-hybridized carbons (Fsp3) is 0.471. The highest BCUT2D eigenvalue weighted by molar-refractivity contribution is 6.31. The lowest BCUT2D eigenvalue weighted by Gasteiger charge is -2.29. The predicted molar refractivity (Wildman–Crippen MR) is 85.1 cm³/mol. The summed E-state index contributed by atoms with van der Waals surface area (Å²) in [4.78, 5) is 32.2. The van der Waals surface area contributed by atoms with Crippen molar-refractivity contribution in [3.8, 4) is 0 Å². The number of rotatable bonds is 2. The number of hydrogen-bond acceptors (Lipinski definition) is 4. The van der Waals surface area contributed by atoms with Gasteiger partial charge in [-0.25, -0.2) is 0 Å². The summed E-state index contributed by atoms with van der Waals surface area (Å²) in [6.45, 7) is 0. The SMILES string of the molecule is O=C1C2ON=C(c3ccc(Cl)cc3)C2C(=O)N1C1CCCCC1. The topological polar surface area (TPSA) is 59.0 Å². The lowest BCUT2D eigenvalue weighted by atomic mass is 9.93. The number of halogens is 1. The minimum absolute atomic E-state index is 0.0180. The summed E-state index contributed by atoms with van der Waals surface area (Å²) in [5.41, 5.74) is 1.30. The van der Waals surface area contributed by atoms with E-state index in [1.165, 1.54) is 11.3 Å². The molecular formula is C17H17ClN2O3. The number of amides is 2. The summed E-state index contributed by atoms with van der Waals surface area (Å²) in [6, 6.07) is 7.10. The van der Waals surface area contributed by atoms with Crippen LogP contribution in [0.2, 0.25) is 5.02 Å². The molecule has 6 heteroatoms. The van der Waals surface area contributed by atoms with Gasteiger partial charge in [-0.3, -0.25) is 14.5 Å². The van der Waals surface area contributed by atoms with Crippen LogP contribution in [0.15, 0.2) is 29.4 Å². The van der Waals surface area contributed by atoms with Crippen LogP contribution in [-0.4, -0.2) is 34.6 Å². The summed E-state index contributed by atoms with van der Waals surface area (Å²) in [5, 5.41) is 4.62. The number of nitrogens with zero attached hydrogens (tertiary/aromatic N) is 2. The minimum Gasteiger partial charge on any atom is -0.381 e. The van der Waals surface area contributed by atoms with E-state index >= 15 is 0 Å². The van der Waals surface area contributed by atoms with Crippen LogP contribution in [0.1, 0.15) is 37.7 Å². The number of fused-ring (bicyclic) bond motifs is 1. The first-order valence-electron chi connectivity index (χ1n) is 8.03. The Morgan fingerprint density at radius 3 is 2.43 bits per heavy atom. The van der Waals surface area contributed by atoms with Crippen LogP contribution < -0.4 is 0 Å². The van der Waals surface area contributed by atoms with E-state index in [9.17, 15) is 9.59 Å². The van der Waals surface area contributed by atoms with Gasteiger partial charge < -0.3 is 4.84 Å². The van der Waals surface area contributed by atoms with Gasteiger partial charge in [-0.1, -0.05) is 48.2 Å². The molecule has 0 bridgehead atoms. The van der Waals surface area contributed by atoms with Crippen LogP contribution in [0, 0.1) is 5.92 Å². The Hall–Kier alpha value is -1.88. The zero-order valence-electron chi connectivity index (χ0n) is 12.6. The Kier molecular flexibility index (Phi) is 3.60. The maximum absolute atomic E-state index is 12.9. The third kappa shape index (κ3) is 2.34. The van der Waals surface area contributed by atoms with Crippen LogP contribution in [0.3, 0.4) is 0 Å². The van der Waals surface area contributed by atoms with E-state index in [0.29, 0.717) is 10.7 Å². The number of hydrogen-bond donors (Lipinski definition) is 0. The standard InChI is InChI=1S/C17H17ClN2O3/c18-11-8-6-10(7-9-11)14-13-15(23-19-14)17(22)20(16(13)21)12-4-2-1-3-5-12/h6-9,12-13,15H,1-5H2. The van der Waals surface area contributed by atoms with Gasteiger partial charge in [0.25, 0.3) is 5.91 Å².